The molecule has 0 unspecified atom stereocenters. The molecule has 3 N–H and O–H groups in total. The summed E-state index contributed by atoms with van der Waals surface area (Å²) < 4.78 is 14.1. The third-order valence-corrected chi connectivity index (χ3v) is 2.81. The summed E-state index contributed by atoms with van der Waals surface area (Å²) in [6, 6.07) is 4.15. The highest BCUT2D eigenvalue weighted by atomic mass is 79.9. The quantitative estimate of drug-likeness (QED) is 0.744. The predicted molar refractivity (Wildman–Crippen MR) is 71.5 cm³/mol. The average molecular weight is 333 g/mol. The van der Waals surface area contributed by atoms with Crippen molar-refractivity contribution >= 4 is 27.9 Å². The third-order valence-electron chi connectivity index (χ3n) is 2.31. The van der Waals surface area contributed by atoms with Crippen molar-refractivity contribution in [3.63, 3.8) is 0 Å². The molecule has 2 amide bonds. The zero-order valence-corrected chi connectivity index (χ0v) is 11.7. The van der Waals surface area contributed by atoms with Crippen LogP contribution in [0.3, 0.4) is 0 Å². The van der Waals surface area contributed by atoms with Crippen LogP contribution in [-0.4, -0.2) is 30.2 Å². The highest BCUT2D eigenvalue weighted by molar-refractivity contribution is 9.10. The molecule has 0 aliphatic rings. The van der Waals surface area contributed by atoms with Crippen LogP contribution in [0.4, 0.5) is 9.18 Å². The van der Waals surface area contributed by atoms with E-state index in [0.29, 0.717) is 12.0 Å². The van der Waals surface area contributed by atoms with Gasteiger partial charge in [0.2, 0.25) is 0 Å². The average Bonchev–Trinajstić information content (AvgIpc) is 2.33. The second-order valence-corrected chi connectivity index (χ2v) is 4.73. The second kappa shape index (κ2) is 7.73. The van der Waals surface area contributed by atoms with E-state index in [-0.39, 0.29) is 25.3 Å². The van der Waals surface area contributed by atoms with E-state index in [1.807, 2.05) is 0 Å². The van der Waals surface area contributed by atoms with E-state index in [4.69, 9.17) is 5.11 Å². The molecule has 0 saturated carbocycles. The van der Waals surface area contributed by atoms with Gasteiger partial charge in [-0.1, -0.05) is 15.9 Å². The van der Waals surface area contributed by atoms with Crippen LogP contribution in [0.2, 0.25) is 0 Å². The number of hydrogen-bond donors (Lipinski definition) is 3. The summed E-state index contributed by atoms with van der Waals surface area (Å²) in [7, 11) is 0. The van der Waals surface area contributed by atoms with Crippen molar-refractivity contribution in [2.24, 2.45) is 0 Å². The molecule has 0 radical (unpaired) electrons. The normalized spacial score (nSPS) is 10.0. The van der Waals surface area contributed by atoms with E-state index >= 15 is 0 Å². The predicted octanol–water partition coefficient (Wildman–Crippen LogP) is 1.90. The Morgan fingerprint density at radius 3 is 2.63 bits per heavy atom. The van der Waals surface area contributed by atoms with Gasteiger partial charge in [0.1, 0.15) is 5.82 Å². The minimum atomic E-state index is -0.975. The Bertz CT molecular complexity index is 468. The van der Waals surface area contributed by atoms with Gasteiger partial charge in [-0.2, -0.15) is 0 Å². The number of benzene rings is 1. The molecule has 0 heterocycles. The summed E-state index contributed by atoms with van der Waals surface area (Å²) in [5, 5.41) is 13.3. The first-order chi connectivity index (χ1) is 8.99. The van der Waals surface area contributed by atoms with Crippen molar-refractivity contribution in [2.45, 2.75) is 12.8 Å². The van der Waals surface area contributed by atoms with Gasteiger partial charge >= 0.3 is 12.0 Å². The number of urea groups is 1. The van der Waals surface area contributed by atoms with Crippen molar-refractivity contribution in [3.05, 3.63) is 34.1 Å². The molecule has 5 nitrogen and oxygen atoms in total. The first-order valence-electron chi connectivity index (χ1n) is 5.66. The van der Waals surface area contributed by atoms with E-state index in [1.54, 1.807) is 12.1 Å². The van der Waals surface area contributed by atoms with Gasteiger partial charge in [0.15, 0.2) is 0 Å². The van der Waals surface area contributed by atoms with Gasteiger partial charge in [0.05, 0.1) is 6.42 Å². The lowest BCUT2D eigenvalue weighted by Gasteiger charge is -2.07. The van der Waals surface area contributed by atoms with Crippen LogP contribution < -0.4 is 10.6 Å². The van der Waals surface area contributed by atoms with Gasteiger partial charge < -0.3 is 15.7 Å². The van der Waals surface area contributed by atoms with Crippen molar-refractivity contribution < 1.29 is 19.1 Å². The Hall–Kier alpha value is -1.63. The highest BCUT2D eigenvalue weighted by Crippen LogP contribution is 2.15. The Morgan fingerprint density at radius 2 is 1.95 bits per heavy atom. The van der Waals surface area contributed by atoms with E-state index in [0.717, 1.165) is 4.47 Å². The lowest BCUT2D eigenvalue weighted by atomic mass is 10.1. The lowest BCUT2D eigenvalue weighted by molar-refractivity contribution is -0.136. The Balaban J connectivity index is 2.28. The van der Waals surface area contributed by atoms with Crippen LogP contribution in [0, 0.1) is 5.82 Å². The number of aliphatic carboxylic acids is 1. The van der Waals surface area contributed by atoms with Crippen molar-refractivity contribution in [2.75, 3.05) is 13.1 Å². The molecule has 1 aromatic carbocycles. The third kappa shape index (κ3) is 6.19. The minimum absolute atomic E-state index is 0.0619. The maximum Gasteiger partial charge on any atom is 0.314 e. The fraction of sp³-hybridized carbons (Fsp3) is 0.333. The van der Waals surface area contributed by atoms with Gasteiger partial charge in [-0.15, -0.1) is 0 Å². The van der Waals surface area contributed by atoms with Gasteiger partial charge in [-0.25, -0.2) is 9.18 Å². The van der Waals surface area contributed by atoms with Crippen molar-refractivity contribution in [1.29, 1.82) is 0 Å². The molecule has 0 aliphatic heterocycles. The first-order valence-corrected chi connectivity index (χ1v) is 6.46. The number of carbonyl (C=O) groups is 2. The van der Waals surface area contributed by atoms with Crippen LogP contribution in [0.15, 0.2) is 22.7 Å². The molecule has 104 valence electrons. The summed E-state index contributed by atoms with van der Waals surface area (Å²) in [4.78, 5) is 21.5. The smallest absolute Gasteiger partial charge is 0.314 e. The molecule has 0 aromatic heterocycles. The number of halogens is 2. The fourth-order valence-electron chi connectivity index (χ4n) is 1.39. The Morgan fingerprint density at radius 1 is 1.26 bits per heavy atom. The van der Waals surface area contributed by atoms with Gasteiger partial charge in [0.25, 0.3) is 0 Å². The van der Waals surface area contributed by atoms with Gasteiger partial charge in [0, 0.05) is 17.6 Å². The van der Waals surface area contributed by atoms with Crippen LogP contribution in [-0.2, 0) is 11.2 Å². The summed E-state index contributed by atoms with van der Waals surface area (Å²) in [6.45, 7) is 0.332. The SMILES string of the molecule is O=C(O)CCNC(=O)NCCc1cc(Br)ccc1F. The largest absolute Gasteiger partial charge is 0.481 e. The monoisotopic (exact) mass is 332 g/mol. The fourth-order valence-corrected chi connectivity index (χ4v) is 1.80. The number of carbonyl (C=O) groups excluding carboxylic acids is 1. The lowest BCUT2D eigenvalue weighted by Crippen LogP contribution is -2.37. The second-order valence-electron chi connectivity index (χ2n) is 3.81. The van der Waals surface area contributed by atoms with Crippen LogP contribution in [0.25, 0.3) is 0 Å². The standard InChI is InChI=1S/C12H14BrFN2O3/c13-9-1-2-10(14)8(7-9)3-5-15-12(19)16-6-4-11(17)18/h1-2,7H,3-6H2,(H,17,18)(H2,15,16,19). The summed E-state index contributed by atoms with van der Waals surface area (Å²) in [5.74, 6) is -1.30. The molecule has 0 atom stereocenters. The number of amides is 2. The number of nitrogens with one attached hydrogen (secondary N) is 2. The Kier molecular flexibility index (Phi) is 6.27. The van der Waals surface area contributed by atoms with Crippen LogP contribution >= 0.6 is 15.9 Å². The maximum absolute atomic E-state index is 13.4. The molecule has 7 heteroatoms. The molecule has 1 aromatic rings. The van der Waals surface area contributed by atoms with Crippen molar-refractivity contribution in [3.8, 4) is 0 Å². The summed E-state index contributed by atoms with van der Waals surface area (Å²) >= 11 is 3.24. The molecule has 0 spiro atoms. The molecule has 1 rings (SSSR count). The van der Waals surface area contributed by atoms with E-state index in [2.05, 4.69) is 26.6 Å². The molecule has 0 fully saturated rings. The molecule has 0 aliphatic carbocycles. The number of hydrogen-bond acceptors (Lipinski definition) is 2. The van der Waals surface area contributed by atoms with Gasteiger partial charge in [-0.05, 0) is 30.2 Å². The number of rotatable bonds is 6. The van der Waals surface area contributed by atoms with E-state index in [1.165, 1.54) is 6.07 Å². The first kappa shape index (κ1) is 15.4. The summed E-state index contributed by atoms with van der Waals surface area (Å²) in [5.41, 5.74) is 0.500. The topological polar surface area (TPSA) is 78.4 Å². The molecule has 19 heavy (non-hydrogen) atoms. The van der Waals surface area contributed by atoms with E-state index < -0.39 is 12.0 Å². The minimum Gasteiger partial charge on any atom is -0.481 e. The van der Waals surface area contributed by atoms with E-state index in [9.17, 15) is 14.0 Å². The maximum atomic E-state index is 13.4. The zero-order valence-electron chi connectivity index (χ0n) is 10.1. The highest BCUT2D eigenvalue weighted by Gasteiger charge is 2.05. The number of carboxylic acid groups (broad SMARTS) is 1. The molecule has 0 bridgehead atoms. The van der Waals surface area contributed by atoms with Crippen LogP contribution in [0.1, 0.15) is 12.0 Å². The van der Waals surface area contributed by atoms with Crippen LogP contribution in [0.5, 0.6) is 0 Å². The Labute approximate surface area is 118 Å². The molecular formula is C12H14BrFN2O3. The van der Waals surface area contributed by atoms with Gasteiger partial charge in [-0.3, -0.25) is 4.79 Å². The molecule has 0 saturated heterocycles. The van der Waals surface area contributed by atoms with Crippen molar-refractivity contribution in [1.82, 2.24) is 10.6 Å². The zero-order chi connectivity index (χ0) is 14.3. The summed E-state index contributed by atoms with van der Waals surface area (Å²) in [6.07, 6.45) is 0.227. The number of carboxylic acids is 1. The molecular weight excluding hydrogens is 319 g/mol.